The maximum atomic E-state index is 11.9. The van der Waals surface area contributed by atoms with Gasteiger partial charge in [-0.15, -0.1) is 0 Å². The number of carboxylic acids is 1. The Balaban J connectivity index is 1.59. The van der Waals surface area contributed by atoms with E-state index in [1.807, 2.05) is 6.07 Å². The lowest BCUT2D eigenvalue weighted by Gasteiger charge is -2.36. The smallest absolute Gasteiger partial charge is 0.335 e. The number of aromatic carboxylic acids is 1. The van der Waals surface area contributed by atoms with Crippen molar-refractivity contribution in [3.05, 3.63) is 23.8 Å². The van der Waals surface area contributed by atoms with Gasteiger partial charge in [0, 0.05) is 19.5 Å². The van der Waals surface area contributed by atoms with Gasteiger partial charge >= 0.3 is 5.97 Å². The largest absolute Gasteiger partial charge is 0.478 e. The Hall–Kier alpha value is -2.08. The fourth-order valence-electron chi connectivity index (χ4n) is 4.29. The minimum atomic E-state index is -0.977. The second kappa shape index (κ2) is 9.92. The SMILES string of the molecule is CCC(=O)Nc1cc(C(=O)O)ccc1N1CCC(CCN2CCCCC2)CC1. The highest BCUT2D eigenvalue weighted by Gasteiger charge is 2.23. The Morgan fingerprint density at radius 3 is 2.46 bits per heavy atom. The van der Waals surface area contributed by atoms with Crippen molar-refractivity contribution in [3.63, 3.8) is 0 Å². The highest BCUT2D eigenvalue weighted by Crippen LogP contribution is 2.32. The van der Waals surface area contributed by atoms with Gasteiger partial charge in [-0.05, 0) is 75.9 Å². The number of likely N-dealkylation sites (tertiary alicyclic amines) is 1. The average molecular weight is 388 g/mol. The lowest BCUT2D eigenvalue weighted by molar-refractivity contribution is -0.115. The van der Waals surface area contributed by atoms with Crippen molar-refractivity contribution in [3.8, 4) is 0 Å². The molecule has 2 fully saturated rings. The molecule has 1 aromatic carbocycles. The van der Waals surface area contributed by atoms with Crippen molar-refractivity contribution in [1.82, 2.24) is 4.90 Å². The fraction of sp³-hybridized carbons (Fsp3) is 0.636. The normalized spacial score (nSPS) is 18.8. The number of amides is 1. The first kappa shape index (κ1) is 20.6. The number of hydrogen-bond donors (Lipinski definition) is 2. The maximum Gasteiger partial charge on any atom is 0.335 e. The predicted molar refractivity (Wildman–Crippen MR) is 112 cm³/mol. The van der Waals surface area contributed by atoms with Gasteiger partial charge in [0.2, 0.25) is 5.91 Å². The second-order valence-corrected chi connectivity index (χ2v) is 8.06. The number of hydrogen-bond acceptors (Lipinski definition) is 4. The number of carbonyl (C=O) groups is 2. The Morgan fingerprint density at radius 2 is 1.82 bits per heavy atom. The summed E-state index contributed by atoms with van der Waals surface area (Å²) in [5.74, 6) is -0.319. The summed E-state index contributed by atoms with van der Waals surface area (Å²) in [6.45, 7) is 7.43. The van der Waals surface area contributed by atoms with E-state index in [2.05, 4.69) is 15.1 Å². The summed E-state index contributed by atoms with van der Waals surface area (Å²) in [5.41, 5.74) is 1.74. The molecule has 0 bridgehead atoms. The fourth-order valence-corrected chi connectivity index (χ4v) is 4.29. The molecule has 0 saturated carbocycles. The van der Waals surface area contributed by atoms with E-state index < -0.39 is 5.97 Å². The van der Waals surface area contributed by atoms with Gasteiger partial charge in [0.05, 0.1) is 16.9 Å². The molecule has 28 heavy (non-hydrogen) atoms. The highest BCUT2D eigenvalue weighted by atomic mass is 16.4. The molecule has 6 nitrogen and oxygen atoms in total. The van der Waals surface area contributed by atoms with Crippen LogP contribution < -0.4 is 10.2 Å². The van der Waals surface area contributed by atoms with Crippen LogP contribution in [0, 0.1) is 5.92 Å². The van der Waals surface area contributed by atoms with Crippen LogP contribution >= 0.6 is 0 Å². The van der Waals surface area contributed by atoms with Crippen molar-refractivity contribution in [2.45, 2.75) is 51.9 Å². The van der Waals surface area contributed by atoms with Crippen LogP contribution in [-0.2, 0) is 4.79 Å². The van der Waals surface area contributed by atoms with Crippen LogP contribution in [0.2, 0.25) is 0 Å². The van der Waals surface area contributed by atoms with Crippen LogP contribution in [0.25, 0.3) is 0 Å². The van der Waals surface area contributed by atoms with E-state index in [4.69, 9.17) is 0 Å². The molecule has 2 aliphatic rings. The number of benzene rings is 1. The number of nitrogens with zero attached hydrogens (tertiary/aromatic N) is 2. The first-order valence-electron chi connectivity index (χ1n) is 10.7. The molecule has 0 radical (unpaired) electrons. The minimum absolute atomic E-state index is 0.0970. The van der Waals surface area contributed by atoms with Gasteiger partial charge in [-0.25, -0.2) is 4.79 Å². The summed E-state index contributed by atoms with van der Waals surface area (Å²) >= 11 is 0. The van der Waals surface area contributed by atoms with Gasteiger partial charge in [-0.3, -0.25) is 4.79 Å². The van der Waals surface area contributed by atoms with Crippen LogP contribution in [0.1, 0.15) is 62.2 Å². The molecule has 0 aliphatic carbocycles. The van der Waals surface area contributed by atoms with Crippen LogP contribution in [0.4, 0.5) is 11.4 Å². The third-order valence-electron chi connectivity index (χ3n) is 6.10. The molecule has 0 atom stereocenters. The number of carbonyl (C=O) groups excluding carboxylic acids is 1. The number of piperidine rings is 2. The van der Waals surface area contributed by atoms with Gasteiger partial charge in [0.25, 0.3) is 0 Å². The summed E-state index contributed by atoms with van der Waals surface area (Å²) in [6, 6.07) is 5.04. The molecule has 2 saturated heterocycles. The van der Waals surface area contributed by atoms with Crippen LogP contribution in [0.5, 0.6) is 0 Å². The van der Waals surface area contributed by atoms with E-state index in [0.717, 1.165) is 37.5 Å². The summed E-state index contributed by atoms with van der Waals surface area (Å²) in [5, 5.41) is 12.2. The zero-order valence-corrected chi connectivity index (χ0v) is 17.0. The van der Waals surface area contributed by atoms with E-state index in [9.17, 15) is 14.7 Å². The summed E-state index contributed by atoms with van der Waals surface area (Å²) in [6.07, 6.45) is 8.01. The molecule has 0 aromatic heterocycles. The zero-order valence-electron chi connectivity index (χ0n) is 17.0. The quantitative estimate of drug-likeness (QED) is 0.744. The molecule has 6 heteroatoms. The summed E-state index contributed by atoms with van der Waals surface area (Å²) in [4.78, 5) is 28.1. The van der Waals surface area contributed by atoms with Crippen molar-refractivity contribution >= 4 is 23.3 Å². The number of carboxylic acid groups (broad SMARTS) is 1. The Kier molecular flexibility index (Phi) is 7.31. The van der Waals surface area contributed by atoms with Gasteiger partial charge in [-0.1, -0.05) is 13.3 Å². The Bertz CT molecular complexity index is 678. The second-order valence-electron chi connectivity index (χ2n) is 8.06. The number of nitrogens with one attached hydrogen (secondary N) is 1. The highest BCUT2D eigenvalue weighted by molar-refractivity contribution is 5.97. The van der Waals surface area contributed by atoms with Gasteiger partial charge in [0.1, 0.15) is 0 Å². The van der Waals surface area contributed by atoms with Crippen molar-refractivity contribution in [2.24, 2.45) is 5.92 Å². The third kappa shape index (κ3) is 5.47. The molecule has 1 aromatic rings. The predicted octanol–water partition coefficient (Wildman–Crippen LogP) is 3.83. The zero-order chi connectivity index (χ0) is 19.9. The van der Waals surface area contributed by atoms with Gasteiger partial charge in [0.15, 0.2) is 0 Å². The topological polar surface area (TPSA) is 72.9 Å². The maximum absolute atomic E-state index is 11.9. The lowest BCUT2D eigenvalue weighted by Crippen LogP contribution is -2.36. The van der Waals surface area contributed by atoms with E-state index in [1.165, 1.54) is 45.3 Å². The monoisotopic (exact) mass is 387 g/mol. The van der Waals surface area contributed by atoms with Gasteiger partial charge < -0.3 is 20.2 Å². The van der Waals surface area contributed by atoms with Crippen LogP contribution in [0.3, 0.4) is 0 Å². The van der Waals surface area contributed by atoms with Crippen LogP contribution in [-0.4, -0.2) is 54.6 Å². The molecule has 0 unspecified atom stereocenters. The average Bonchev–Trinajstić information content (AvgIpc) is 2.73. The van der Waals surface area contributed by atoms with E-state index in [-0.39, 0.29) is 11.5 Å². The Morgan fingerprint density at radius 1 is 1.11 bits per heavy atom. The minimum Gasteiger partial charge on any atom is -0.478 e. The van der Waals surface area contributed by atoms with Crippen molar-refractivity contribution < 1.29 is 14.7 Å². The number of anilines is 2. The molecule has 1 amide bonds. The first-order valence-corrected chi connectivity index (χ1v) is 10.7. The first-order chi connectivity index (χ1) is 13.6. The summed E-state index contributed by atoms with van der Waals surface area (Å²) in [7, 11) is 0. The molecule has 0 spiro atoms. The summed E-state index contributed by atoms with van der Waals surface area (Å²) < 4.78 is 0. The lowest BCUT2D eigenvalue weighted by atomic mass is 9.92. The molecule has 2 N–H and O–H groups in total. The molecule has 154 valence electrons. The Labute approximate surface area is 167 Å². The third-order valence-corrected chi connectivity index (χ3v) is 6.10. The van der Waals surface area contributed by atoms with Gasteiger partial charge in [-0.2, -0.15) is 0 Å². The number of rotatable bonds is 7. The van der Waals surface area contributed by atoms with E-state index in [1.54, 1.807) is 19.1 Å². The molecular formula is C22H33N3O3. The molecular weight excluding hydrogens is 354 g/mol. The van der Waals surface area contributed by atoms with Crippen molar-refractivity contribution in [2.75, 3.05) is 42.9 Å². The molecule has 2 heterocycles. The van der Waals surface area contributed by atoms with Crippen LogP contribution in [0.15, 0.2) is 18.2 Å². The van der Waals surface area contributed by atoms with E-state index >= 15 is 0 Å². The standard InChI is InChI=1S/C22H33N3O3/c1-2-21(26)23-19-16-18(22(27)28)6-7-20(19)25-14-9-17(10-15-25)8-13-24-11-4-3-5-12-24/h6-7,16-17H,2-5,8-15H2,1H3,(H,23,26)(H,27,28). The molecule has 3 rings (SSSR count). The van der Waals surface area contributed by atoms with Crippen molar-refractivity contribution in [1.29, 1.82) is 0 Å². The molecule has 2 aliphatic heterocycles. The van der Waals surface area contributed by atoms with E-state index in [0.29, 0.717) is 12.1 Å².